The van der Waals surface area contributed by atoms with Crippen LogP contribution in [-0.2, 0) is 0 Å². The van der Waals surface area contributed by atoms with Crippen LogP contribution in [0.3, 0.4) is 0 Å². The molecule has 0 fully saturated rings. The van der Waals surface area contributed by atoms with Crippen molar-refractivity contribution in [3.63, 3.8) is 0 Å². The molecule has 0 saturated heterocycles. The van der Waals surface area contributed by atoms with E-state index in [-0.39, 0.29) is 0 Å². The van der Waals surface area contributed by atoms with E-state index in [4.69, 9.17) is 0 Å². The van der Waals surface area contributed by atoms with Crippen molar-refractivity contribution in [3.05, 3.63) is 0 Å². The quantitative estimate of drug-likeness (QED) is 0.527. The van der Waals surface area contributed by atoms with Crippen molar-refractivity contribution in [2.45, 2.75) is 59.8 Å². The van der Waals surface area contributed by atoms with Crippen molar-refractivity contribution >= 4 is 0 Å². The van der Waals surface area contributed by atoms with Gasteiger partial charge in [0.15, 0.2) is 0 Å². The van der Waals surface area contributed by atoms with Crippen LogP contribution in [0.25, 0.3) is 0 Å². The monoisotopic (exact) mass is 242 g/mol. The second-order valence-corrected chi connectivity index (χ2v) is 5.45. The van der Waals surface area contributed by atoms with Crippen LogP contribution in [0, 0.1) is 5.92 Å². The summed E-state index contributed by atoms with van der Waals surface area (Å²) in [6.45, 7) is 15.2. The van der Waals surface area contributed by atoms with Crippen molar-refractivity contribution < 1.29 is 0 Å². The second kappa shape index (κ2) is 12.4. The van der Waals surface area contributed by atoms with Crippen LogP contribution in [0.1, 0.15) is 59.8 Å². The Labute approximate surface area is 109 Å². The highest BCUT2D eigenvalue weighted by molar-refractivity contribution is 4.58. The fourth-order valence-electron chi connectivity index (χ4n) is 2.14. The average Bonchev–Trinajstić information content (AvgIpc) is 2.30. The van der Waals surface area contributed by atoms with Crippen LogP contribution in [0.4, 0.5) is 0 Å². The minimum absolute atomic E-state index is 0.799. The van der Waals surface area contributed by atoms with Gasteiger partial charge in [0.2, 0.25) is 0 Å². The van der Waals surface area contributed by atoms with Gasteiger partial charge in [0, 0.05) is 6.54 Å². The number of nitrogens with one attached hydrogen (secondary N) is 1. The molecular weight excluding hydrogens is 208 g/mol. The SMILES string of the molecule is CCCNCCCCCCN(CC)CC(C)C. The molecule has 0 aromatic rings. The third-order valence-corrected chi connectivity index (χ3v) is 3.08. The molecule has 0 spiro atoms. The topological polar surface area (TPSA) is 15.3 Å². The van der Waals surface area contributed by atoms with Crippen molar-refractivity contribution in [1.29, 1.82) is 0 Å². The summed E-state index contributed by atoms with van der Waals surface area (Å²) < 4.78 is 0. The van der Waals surface area contributed by atoms with E-state index in [0.29, 0.717) is 0 Å². The van der Waals surface area contributed by atoms with Gasteiger partial charge in [0.05, 0.1) is 0 Å². The maximum atomic E-state index is 3.46. The minimum Gasteiger partial charge on any atom is -0.317 e. The number of hydrogen-bond acceptors (Lipinski definition) is 2. The van der Waals surface area contributed by atoms with Gasteiger partial charge in [0.25, 0.3) is 0 Å². The Bertz CT molecular complexity index is 146. The van der Waals surface area contributed by atoms with Crippen LogP contribution in [0.2, 0.25) is 0 Å². The first-order valence-corrected chi connectivity index (χ1v) is 7.63. The van der Waals surface area contributed by atoms with Gasteiger partial charge in [-0.15, -0.1) is 0 Å². The van der Waals surface area contributed by atoms with Crippen LogP contribution >= 0.6 is 0 Å². The van der Waals surface area contributed by atoms with Gasteiger partial charge in [-0.1, -0.05) is 40.5 Å². The predicted octanol–water partition coefficient (Wildman–Crippen LogP) is 3.52. The van der Waals surface area contributed by atoms with Gasteiger partial charge in [-0.25, -0.2) is 0 Å². The van der Waals surface area contributed by atoms with E-state index < -0.39 is 0 Å². The predicted molar refractivity (Wildman–Crippen MR) is 78.6 cm³/mol. The van der Waals surface area contributed by atoms with E-state index in [1.165, 1.54) is 64.8 Å². The maximum absolute atomic E-state index is 3.46. The van der Waals surface area contributed by atoms with Gasteiger partial charge in [-0.05, 0) is 51.4 Å². The Morgan fingerprint density at radius 3 is 2.24 bits per heavy atom. The maximum Gasteiger partial charge on any atom is 0.000427 e. The van der Waals surface area contributed by atoms with E-state index in [1.807, 2.05) is 0 Å². The molecule has 0 aliphatic carbocycles. The molecule has 0 aromatic heterocycles. The summed E-state index contributed by atoms with van der Waals surface area (Å²) in [6.07, 6.45) is 6.74. The van der Waals surface area contributed by atoms with Crippen LogP contribution < -0.4 is 5.32 Å². The molecule has 0 rings (SSSR count). The zero-order valence-corrected chi connectivity index (χ0v) is 12.6. The molecule has 0 bridgehead atoms. The molecule has 17 heavy (non-hydrogen) atoms. The fourth-order valence-corrected chi connectivity index (χ4v) is 2.14. The first-order valence-electron chi connectivity index (χ1n) is 7.63. The first kappa shape index (κ1) is 16.9. The Kier molecular flexibility index (Phi) is 12.3. The van der Waals surface area contributed by atoms with Crippen molar-refractivity contribution in [1.82, 2.24) is 10.2 Å². The number of unbranched alkanes of at least 4 members (excludes halogenated alkanes) is 3. The molecule has 2 heteroatoms. The first-order chi connectivity index (χ1) is 8.20. The van der Waals surface area contributed by atoms with Crippen LogP contribution in [-0.4, -0.2) is 37.6 Å². The summed E-state index contributed by atoms with van der Waals surface area (Å²) in [5.74, 6) is 0.799. The molecule has 0 amide bonds. The molecule has 0 aliphatic rings. The summed E-state index contributed by atoms with van der Waals surface area (Å²) in [6, 6.07) is 0. The lowest BCUT2D eigenvalue weighted by molar-refractivity contribution is 0.250. The van der Waals surface area contributed by atoms with E-state index >= 15 is 0 Å². The Morgan fingerprint density at radius 1 is 0.941 bits per heavy atom. The zero-order valence-electron chi connectivity index (χ0n) is 12.6. The van der Waals surface area contributed by atoms with Gasteiger partial charge < -0.3 is 10.2 Å². The number of rotatable bonds is 12. The third kappa shape index (κ3) is 12.2. The Balaban J connectivity index is 3.25. The molecule has 0 aliphatic heterocycles. The summed E-state index contributed by atoms with van der Waals surface area (Å²) in [5, 5.41) is 3.46. The largest absolute Gasteiger partial charge is 0.317 e. The third-order valence-electron chi connectivity index (χ3n) is 3.08. The molecule has 0 aromatic carbocycles. The highest BCUT2D eigenvalue weighted by Gasteiger charge is 2.03. The molecule has 0 atom stereocenters. The molecule has 0 unspecified atom stereocenters. The Morgan fingerprint density at radius 2 is 1.65 bits per heavy atom. The summed E-state index contributed by atoms with van der Waals surface area (Å²) in [4.78, 5) is 2.58. The lowest BCUT2D eigenvalue weighted by Crippen LogP contribution is -2.28. The normalized spacial score (nSPS) is 11.6. The van der Waals surface area contributed by atoms with E-state index in [9.17, 15) is 0 Å². The molecule has 0 saturated carbocycles. The van der Waals surface area contributed by atoms with Gasteiger partial charge in [-0.3, -0.25) is 0 Å². The fraction of sp³-hybridized carbons (Fsp3) is 1.00. The molecular formula is C15H34N2. The Hall–Kier alpha value is -0.0800. The van der Waals surface area contributed by atoms with Crippen molar-refractivity contribution in [3.8, 4) is 0 Å². The molecule has 104 valence electrons. The lowest BCUT2D eigenvalue weighted by atomic mass is 10.1. The van der Waals surface area contributed by atoms with E-state index in [1.54, 1.807) is 0 Å². The number of hydrogen-bond donors (Lipinski definition) is 1. The van der Waals surface area contributed by atoms with Crippen LogP contribution in [0.15, 0.2) is 0 Å². The molecule has 2 nitrogen and oxygen atoms in total. The second-order valence-electron chi connectivity index (χ2n) is 5.45. The van der Waals surface area contributed by atoms with Crippen LogP contribution in [0.5, 0.6) is 0 Å². The van der Waals surface area contributed by atoms with Crippen molar-refractivity contribution in [2.24, 2.45) is 5.92 Å². The van der Waals surface area contributed by atoms with Gasteiger partial charge in [-0.2, -0.15) is 0 Å². The minimum atomic E-state index is 0.799. The van der Waals surface area contributed by atoms with Gasteiger partial charge >= 0.3 is 0 Å². The summed E-state index contributed by atoms with van der Waals surface area (Å²) >= 11 is 0. The zero-order chi connectivity index (χ0) is 12.9. The molecule has 0 radical (unpaired) electrons. The van der Waals surface area contributed by atoms with Crippen molar-refractivity contribution in [2.75, 3.05) is 32.7 Å². The van der Waals surface area contributed by atoms with E-state index in [0.717, 1.165) is 5.92 Å². The standard InChI is InChI=1S/C15H34N2/c1-5-11-16-12-9-7-8-10-13-17(6-2)14-15(3)4/h15-16H,5-14H2,1-4H3. The molecule has 0 heterocycles. The highest BCUT2D eigenvalue weighted by Crippen LogP contribution is 2.04. The highest BCUT2D eigenvalue weighted by atomic mass is 15.1. The molecule has 1 N–H and O–H groups in total. The summed E-state index contributed by atoms with van der Waals surface area (Å²) in [5.41, 5.74) is 0. The number of nitrogens with zero attached hydrogens (tertiary/aromatic N) is 1. The van der Waals surface area contributed by atoms with E-state index in [2.05, 4.69) is 37.9 Å². The van der Waals surface area contributed by atoms with Gasteiger partial charge in [0.1, 0.15) is 0 Å². The smallest absolute Gasteiger partial charge is 0.000427 e. The summed E-state index contributed by atoms with van der Waals surface area (Å²) in [7, 11) is 0. The average molecular weight is 242 g/mol. The lowest BCUT2D eigenvalue weighted by Gasteiger charge is -2.22.